The smallest absolute Gasteiger partial charge is 0.193 e. The molecule has 0 aromatic rings. The van der Waals surface area contributed by atoms with Crippen LogP contribution in [-0.2, 0) is 4.43 Å². The highest BCUT2D eigenvalue weighted by molar-refractivity contribution is 14.1. The van der Waals surface area contributed by atoms with Crippen LogP contribution in [-0.4, -0.2) is 11.9 Å². The zero-order valence-corrected chi connectivity index (χ0v) is 13.2. The third-order valence-electron chi connectivity index (χ3n) is 2.91. The maximum Gasteiger partial charge on any atom is 0.193 e. The van der Waals surface area contributed by atoms with Gasteiger partial charge in [-0.25, -0.2) is 0 Å². The van der Waals surface area contributed by atoms with Gasteiger partial charge in [0, 0.05) is 0 Å². The van der Waals surface area contributed by atoms with Crippen LogP contribution < -0.4 is 0 Å². The first kappa shape index (κ1) is 13.9. The number of alkyl halides is 1. The summed E-state index contributed by atoms with van der Waals surface area (Å²) in [5.41, 5.74) is 0. The molecule has 13 heavy (non-hydrogen) atoms. The quantitative estimate of drug-likeness (QED) is 0.421. The van der Waals surface area contributed by atoms with Gasteiger partial charge in [0.05, 0.1) is 0 Å². The van der Waals surface area contributed by atoms with Crippen molar-refractivity contribution in [2.75, 3.05) is 0 Å². The van der Waals surface area contributed by atoms with E-state index in [9.17, 15) is 0 Å². The fourth-order valence-corrected chi connectivity index (χ4v) is 3.92. The van der Waals surface area contributed by atoms with Gasteiger partial charge in [-0.3, -0.25) is 0 Å². The van der Waals surface area contributed by atoms with Crippen LogP contribution in [0.4, 0.5) is 0 Å². The minimum absolute atomic E-state index is 0.0146. The SMILES string of the molecule is CCC(C)(I)O[Si](C)(C)C(C)(C)C. The van der Waals surface area contributed by atoms with E-state index in [1.165, 1.54) is 0 Å². The Kier molecular flexibility index (Phi) is 4.48. The monoisotopic (exact) mass is 314 g/mol. The predicted octanol–water partition coefficient (Wildman–Crippen LogP) is 4.57. The maximum atomic E-state index is 6.26. The van der Waals surface area contributed by atoms with E-state index in [4.69, 9.17) is 4.43 Å². The average Bonchev–Trinajstić information content (AvgIpc) is 1.83. The van der Waals surface area contributed by atoms with Gasteiger partial charge in [-0.1, -0.05) is 27.7 Å². The first-order valence-corrected chi connectivity index (χ1v) is 8.89. The van der Waals surface area contributed by atoms with Crippen LogP contribution in [0.5, 0.6) is 0 Å². The van der Waals surface area contributed by atoms with Gasteiger partial charge in [0.1, 0.15) is 3.61 Å². The Hall–Kier alpha value is 0.907. The van der Waals surface area contributed by atoms with E-state index < -0.39 is 8.32 Å². The maximum absolute atomic E-state index is 6.26. The molecular weight excluding hydrogens is 291 g/mol. The van der Waals surface area contributed by atoms with Gasteiger partial charge in [0.15, 0.2) is 8.32 Å². The van der Waals surface area contributed by atoms with E-state index in [-0.39, 0.29) is 3.61 Å². The van der Waals surface area contributed by atoms with Crippen molar-refractivity contribution in [3.05, 3.63) is 0 Å². The van der Waals surface area contributed by atoms with Crippen LogP contribution in [0.25, 0.3) is 0 Å². The Morgan fingerprint density at radius 2 is 1.54 bits per heavy atom. The normalized spacial score (nSPS) is 18.5. The Morgan fingerprint density at radius 3 is 1.77 bits per heavy atom. The summed E-state index contributed by atoms with van der Waals surface area (Å²) in [6.45, 7) is 15.8. The van der Waals surface area contributed by atoms with Gasteiger partial charge >= 0.3 is 0 Å². The topological polar surface area (TPSA) is 9.23 Å². The van der Waals surface area contributed by atoms with Crippen molar-refractivity contribution < 1.29 is 4.43 Å². The van der Waals surface area contributed by atoms with Gasteiger partial charge in [0.2, 0.25) is 0 Å². The van der Waals surface area contributed by atoms with Crippen molar-refractivity contribution in [2.45, 2.75) is 62.8 Å². The lowest BCUT2D eigenvalue weighted by atomic mass is 10.2. The molecular formula is C10H23IOSi. The molecule has 80 valence electrons. The highest BCUT2D eigenvalue weighted by Gasteiger charge is 2.41. The molecule has 0 spiro atoms. The summed E-state index contributed by atoms with van der Waals surface area (Å²) in [5, 5.41) is 0.314. The van der Waals surface area contributed by atoms with Crippen LogP contribution in [0.2, 0.25) is 18.1 Å². The molecule has 1 nitrogen and oxygen atoms in total. The molecule has 1 atom stereocenters. The minimum atomic E-state index is -1.57. The molecule has 0 aliphatic rings. The van der Waals surface area contributed by atoms with E-state index in [2.05, 4.69) is 70.3 Å². The minimum Gasteiger partial charge on any atom is -0.403 e. The number of hydrogen-bond donors (Lipinski definition) is 0. The van der Waals surface area contributed by atoms with E-state index in [1.807, 2.05) is 0 Å². The molecule has 0 saturated carbocycles. The summed E-state index contributed by atoms with van der Waals surface area (Å²) in [6.07, 6.45) is 1.07. The molecule has 0 rings (SSSR count). The van der Waals surface area contributed by atoms with Crippen LogP contribution in [0.1, 0.15) is 41.0 Å². The number of halogens is 1. The third-order valence-corrected chi connectivity index (χ3v) is 8.88. The van der Waals surface area contributed by atoms with Gasteiger partial charge in [-0.05, 0) is 54.1 Å². The first-order valence-electron chi connectivity index (χ1n) is 4.91. The molecule has 0 bridgehead atoms. The fourth-order valence-electron chi connectivity index (χ4n) is 0.757. The lowest BCUT2D eigenvalue weighted by Gasteiger charge is -2.41. The summed E-state index contributed by atoms with van der Waals surface area (Å²) in [7, 11) is -1.57. The van der Waals surface area contributed by atoms with Crippen molar-refractivity contribution in [1.29, 1.82) is 0 Å². The molecule has 0 fully saturated rings. The van der Waals surface area contributed by atoms with Crippen molar-refractivity contribution in [3.8, 4) is 0 Å². The van der Waals surface area contributed by atoms with E-state index in [0.29, 0.717) is 5.04 Å². The second-order valence-electron chi connectivity index (χ2n) is 5.32. The Morgan fingerprint density at radius 1 is 1.15 bits per heavy atom. The molecule has 3 heteroatoms. The standard InChI is InChI=1S/C10H23IOSi/c1-8-10(5,11)12-13(6,7)9(2,3)4/h8H2,1-7H3. The summed E-state index contributed by atoms with van der Waals surface area (Å²) in [6, 6.07) is 0. The van der Waals surface area contributed by atoms with E-state index in [0.717, 1.165) is 6.42 Å². The van der Waals surface area contributed by atoms with Gasteiger partial charge in [-0.15, -0.1) is 0 Å². The molecule has 1 unspecified atom stereocenters. The third kappa shape index (κ3) is 4.30. The molecule has 0 amide bonds. The molecule has 0 aliphatic heterocycles. The predicted molar refractivity (Wildman–Crippen MR) is 71.0 cm³/mol. The van der Waals surface area contributed by atoms with Crippen LogP contribution >= 0.6 is 22.6 Å². The summed E-state index contributed by atoms with van der Waals surface area (Å²) in [4.78, 5) is 0. The summed E-state index contributed by atoms with van der Waals surface area (Å²) < 4.78 is 6.28. The van der Waals surface area contributed by atoms with Gasteiger partial charge in [-0.2, -0.15) is 0 Å². The Bertz CT molecular complexity index is 170. The lowest BCUT2D eigenvalue weighted by Crippen LogP contribution is -2.46. The Labute approximate surface area is 97.9 Å². The van der Waals surface area contributed by atoms with Crippen molar-refractivity contribution >= 4 is 30.9 Å². The Balaban J connectivity index is 4.52. The zero-order chi connectivity index (χ0) is 10.9. The highest BCUT2D eigenvalue weighted by atomic mass is 127. The fraction of sp³-hybridized carbons (Fsp3) is 1.00. The van der Waals surface area contributed by atoms with Gasteiger partial charge in [0.25, 0.3) is 0 Å². The summed E-state index contributed by atoms with van der Waals surface area (Å²) in [5.74, 6) is 0. The lowest BCUT2D eigenvalue weighted by molar-refractivity contribution is 0.178. The van der Waals surface area contributed by atoms with Crippen molar-refractivity contribution in [3.63, 3.8) is 0 Å². The van der Waals surface area contributed by atoms with Crippen molar-refractivity contribution in [2.24, 2.45) is 0 Å². The second-order valence-corrected chi connectivity index (χ2v) is 12.3. The van der Waals surface area contributed by atoms with E-state index in [1.54, 1.807) is 0 Å². The molecule has 0 aromatic carbocycles. The molecule has 0 heterocycles. The van der Waals surface area contributed by atoms with Crippen LogP contribution in [0.15, 0.2) is 0 Å². The summed E-state index contributed by atoms with van der Waals surface area (Å²) >= 11 is 2.42. The highest BCUT2D eigenvalue weighted by Crippen LogP contribution is 2.41. The van der Waals surface area contributed by atoms with Crippen LogP contribution in [0.3, 0.4) is 0 Å². The first-order chi connectivity index (χ1) is 5.52. The average molecular weight is 314 g/mol. The van der Waals surface area contributed by atoms with E-state index >= 15 is 0 Å². The zero-order valence-electron chi connectivity index (χ0n) is 9.99. The molecule has 0 radical (unpaired) electrons. The van der Waals surface area contributed by atoms with Crippen LogP contribution in [0, 0.1) is 0 Å². The van der Waals surface area contributed by atoms with Gasteiger partial charge < -0.3 is 4.43 Å². The molecule has 0 N–H and O–H groups in total. The number of hydrogen-bond acceptors (Lipinski definition) is 1. The second kappa shape index (κ2) is 4.19. The van der Waals surface area contributed by atoms with Crippen molar-refractivity contribution in [1.82, 2.24) is 0 Å². The number of rotatable bonds is 3. The molecule has 0 aliphatic carbocycles. The molecule has 0 saturated heterocycles. The largest absolute Gasteiger partial charge is 0.403 e. The molecule has 0 aromatic heterocycles.